The maximum atomic E-state index is 9.98. The summed E-state index contributed by atoms with van der Waals surface area (Å²) >= 11 is 0. The Balaban J connectivity index is 3.01. The van der Waals surface area contributed by atoms with Gasteiger partial charge in [-0.15, -0.1) is 0 Å². The molecule has 2 N–H and O–H groups in total. The lowest BCUT2D eigenvalue weighted by atomic mass is 9.75. The quantitative estimate of drug-likeness (QED) is 0.503. The van der Waals surface area contributed by atoms with Gasteiger partial charge in [-0.3, -0.25) is 0 Å². The fourth-order valence-electron chi connectivity index (χ4n) is 2.22. The zero-order chi connectivity index (χ0) is 10.9. The maximum absolute atomic E-state index is 9.98. The summed E-state index contributed by atoms with van der Waals surface area (Å²) in [6.07, 6.45) is 1.46. The molecule has 0 aromatic carbocycles. The molecule has 1 saturated heterocycles. The molecule has 0 aromatic rings. The molecule has 0 bridgehead atoms. The topological polar surface area (TPSA) is 56.1 Å². The molecule has 0 amide bonds. The van der Waals surface area contributed by atoms with Gasteiger partial charge in [0.05, 0.1) is 11.3 Å². The number of piperidine rings is 1. The molecule has 4 nitrogen and oxygen atoms in total. The number of hydroxylamine groups is 2. The van der Waals surface area contributed by atoms with Gasteiger partial charge >= 0.3 is 0 Å². The van der Waals surface area contributed by atoms with Crippen LogP contribution in [0.15, 0.2) is 5.16 Å². The van der Waals surface area contributed by atoms with Crippen molar-refractivity contribution in [2.75, 3.05) is 0 Å². The van der Waals surface area contributed by atoms with Crippen molar-refractivity contribution < 1.29 is 10.4 Å². The Kier molecular flexibility index (Phi) is 3.17. The lowest BCUT2D eigenvalue weighted by Gasteiger charge is -2.48. The van der Waals surface area contributed by atoms with Gasteiger partial charge < -0.3 is 10.4 Å². The van der Waals surface area contributed by atoms with Crippen LogP contribution in [0.3, 0.4) is 0 Å². The van der Waals surface area contributed by atoms with Crippen molar-refractivity contribution in [3.63, 3.8) is 0 Å². The van der Waals surface area contributed by atoms with Crippen LogP contribution in [0.1, 0.15) is 40.5 Å². The number of oxime groups is 1. The van der Waals surface area contributed by atoms with Crippen molar-refractivity contribution in [1.82, 2.24) is 5.06 Å². The summed E-state index contributed by atoms with van der Waals surface area (Å²) in [5.74, 6) is 0.0821. The highest BCUT2D eigenvalue weighted by atomic mass is 16.5. The van der Waals surface area contributed by atoms with Crippen molar-refractivity contribution in [3.8, 4) is 0 Å². The average molecular weight is 200 g/mol. The number of hydrogen-bond acceptors (Lipinski definition) is 4. The summed E-state index contributed by atoms with van der Waals surface area (Å²) in [6, 6.07) is 0.0158. The van der Waals surface area contributed by atoms with E-state index in [0.29, 0.717) is 6.42 Å². The van der Waals surface area contributed by atoms with Gasteiger partial charge in [-0.1, -0.05) is 19.0 Å². The van der Waals surface area contributed by atoms with E-state index >= 15 is 0 Å². The third-order valence-electron chi connectivity index (χ3n) is 3.72. The van der Waals surface area contributed by atoms with Crippen molar-refractivity contribution in [2.45, 2.75) is 52.1 Å². The van der Waals surface area contributed by atoms with E-state index in [1.807, 2.05) is 27.7 Å². The summed E-state index contributed by atoms with van der Waals surface area (Å²) in [6.45, 7) is 7.96. The molecule has 0 spiro atoms. The molecule has 82 valence electrons. The van der Waals surface area contributed by atoms with Crippen LogP contribution >= 0.6 is 0 Å². The second kappa shape index (κ2) is 3.87. The molecular formula is C10H20N2O2. The number of rotatable bonds is 1. The minimum absolute atomic E-state index is 0.0158. The van der Waals surface area contributed by atoms with E-state index in [2.05, 4.69) is 5.16 Å². The highest BCUT2D eigenvalue weighted by molar-refractivity contribution is 5.88. The first-order chi connectivity index (χ1) is 6.47. The summed E-state index contributed by atoms with van der Waals surface area (Å²) in [5.41, 5.74) is 0.464. The Morgan fingerprint density at radius 2 is 2.14 bits per heavy atom. The maximum Gasteiger partial charge on any atom is 0.0634 e. The lowest BCUT2D eigenvalue weighted by Crippen LogP contribution is -2.59. The van der Waals surface area contributed by atoms with Gasteiger partial charge in [-0.2, -0.15) is 5.06 Å². The van der Waals surface area contributed by atoms with E-state index in [4.69, 9.17) is 5.21 Å². The van der Waals surface area contributed by atoms with Crippen LogP contribution < -0.4 is 0 Å². The summed E-state index contributed by atoms with van der Waals surface area (Å²) in [7, 11) is 0. The molecule has 14 heavy (non-hydrogen) atoms. The van der Waals surface area contributed by atoms with Gasteiger partial charge in [0.15, 0.2) is 0 Å². The molecule has 0 saturated carbocycles. The molecule has 0 radical (unpaired) electrons. The molecule has 1 aliphatic heterocycles. The molecule has 4 heteroatoms. The first kappa shape index (κ1) is 11.5. The van der Waals surface area contributed by atoms with E-state index in [1.165, 1.54) is 5.06 Å². The van der Waals surface area contributed by atoms with E-state index in [9.17, 15) is 5.21 Å². The summed E-state index contributed by atoms with van der Waals surface area (Å²) in [5, 5.41) is 23.6. The fraction of sp³-hybridized carbons (Fsp3) is 0.900. The van der Waals surface area contributed by atoms with Crippen molar-refractivity contribution in [2.24, 2.45) is 11.1 Å². The van der Waals surface area contributed by atoms with Crippen molar-refractivity contribution >= 4 is 5.71 Å². The van der Waals surface area contributed by atoms with Gasteiger partial charge in [-0.25, -0.2) is 0 Å². The highest BCUT2D eigenvalue weighted by Crippen LogP contribution is 2.35. The van der Waals surface area contributed by atoms with Gasteiger partial charge in [0.2, 0.25) is 0 Å². The molecule has 0 aromatic heterocycles. The standard InChI is InChI=1S/C10H20N2O2/c1-5-10(4)8(3)9(11-13)6-7(2)12(10)14/h7-8,13-14H,5-6H2,1-4H3/b11-9+. The van der Waals surface area contributed by atoms with Gasteiger partial charge in [0.25, 0.3) is 0 Å². The second-order valence-electron chi connectivity index (χ2n) is 4.42. The van der Waals surface area contributed by atoms with Crippen LogP contribution in [0.4, 0.5) is 0 Å². The highest BCUT2D eigenvalue weighted by Gasteiger charge is 2.45. The SMILES string of the molecule is CCC1(C)C(C)/C(=N/O)CC(C)N1O. The predicted octanol–water partition coefficient (Wildman–Crippen LogP) is 2.10. The molecule has 0 aliphatic carbocycles. The Labute approximate surface area is 85.2 Å². The zero-order valence-corrected chi connectivity index (χ0v) is 9.36. The van der Waals surface area contributed by atoms with Gasteiger partial charge in [-0.05, 0) is 20.3 Å². The first-order valence-electron chi connectivity index (χ1n) is 5.16. The van der Waals surface area contributed by atoms with E-state index in [0.717, 1.165) is 12.1 Å². The minimum Gasteiger partial charge on any atom is -0.411 e. The average Bonchev–Trinajstić information content (AvgIpc) is 2.20. The molecule has 3 atom stereocenters. The Morgan fingerprint density at radius 1 is 1.57 bits per heavy atom. The fourth-order valence-corrected chi connectivity index (χ4v) is 2.22. The summed E-state index contributed by atoms with van der Waals surface area (Å²) < 4.78 is 0. The lowest BCUT2D eigenvalue weighted by molar-refractivity contribution is -0.210. The molecule has 3 unspecified atom stereocenters. The monoisotopic (exact) mass is 200 g/mol. The van der Waals surface area contributed by atoms with Crippen LogP contribution in [0.5, 0.6) is 0 Å². The van der Waals surface area contributed by atoms with Gasteiger partial charge in [0, 0.05) is 18.4 Å². The normalized spacial score (nSPS) is 43.1. The second-order valence-corrected chi connectivity index (χ2v) is 4.42. The van der Waals surface area contributed by atoms with Crippen LogP contribution in [0.25, 0.3) is 0 Å². The van der Waals surface area contributed by atoms with Gasteiger partial charge in [0.1, 0.15) is 0 Å². The molecule has 1 rings (SSSR count). The molecule has 1 aliphatic rings. The molecule has 1 fully saturated rings. The largest absolute Gasteiger partial charge is 0.411 e. The Bertz CT molecular complexity index is 242. The number of hydrogen-bond donors (Lipinski definition) is 2. The van der Waals surface area contributed by atoms with Crippen LogP contribution in [0, 0.1) is 5.92 Å². The van der Waals surface area contributed by atoms with Crippen LogP contribution in [0.2, 0.25) is 0 Å². The first-order valence-corrected chi connectivity index (χ1v) is 5.16. The van der Waals surface area contributed by atoms with E-state index in [-0.39, 0.29) is 17.5 Å². The molecule has 1 heterocycles. The Morgan fingerprint density at radius 3 is 2.57 bits per heavy atom. The predicted molar refractivity (Wildman–Crippen MR) is 54.8 cm³/mol. The Hall–Kier alpha value is -0.610. The van der Waals surface area contributed by atoms with E-state index < -0.39 is 0 Å². The van der Waals surface area contributed by atoms with Crippen LogP contribution in [-0.2, 0) is 0 Å². The smallest absolute Gasteiger partial charge is 0.0634 e. The third-order valence-corrected chi connectivity index (χ3v) is 3.72. The third kappa shape index (κ3) is 1.53. The van der Waals surface area contributed by atoms with Crippen molar-refractivity contribution in [1.29, 1.82) is 0 Å². The number of nitrogens with zero attached hydrogens (tertiary/aromatic N) is 2. The minimum atomic E-state index is -0.320. The molecular weight excluding hydrogens is 180 g/mol. The van der Waals surface area contributed by atoms with E-state index in [1.54, 1.807) is 0 Å². The van der Waals surface area contributed by atoms with Crippen LogP contribution in [-0.4, -0.2) is 32.8 Å². The van der Waals surface area contributed by atoms with Crippen molar-refractivity contribution in [3.05, 3.63) is 0 Å². The summed E-state index contributed by atoms with van der Waals surface area (Å²) in [4.78, 5) is 0. The zero-order valence-electron chi connectivity index (χ0n) is 9.36.